The maximum absolute atomic E-state index is 12.5. The second-order valence-corrected chi connectivity index (χ2v) is 5.13. The largest absolute Gasteiger partial charge is 0.743 e. The summed E-state index contributed by atoms with van der Waals surface area (Å²) in [5.41, 5.74) is 0. The van der Waals surface area contributed by atoms with E-state index >= 15 is 0 Å². The smallest absolute Gasteiger partial charge is 0.389 e. The molecule has 0 atom stereocenters. The average Bonchev–Trinajstić information content (AvgIpc) is 2.07. The van der Waals surface area contributed by atoms with Crippen molar-refractivity contribution in [1.82, 2.24) is 0 Å². The summed E-state index contributed by atoms with van der Waals surface area (Å²) in [6, 6.07) is 0. The van der Waals surface area contributed by atoms with Crippen molar-refractivity contribution >= 4 is 10.1 Å². The number of hydrogen-bond acceptors (Lipinski definition) is 3. The summed E-state index contributed by atoms with van der Waals surface area (Å²) in [6.45, 7) is 0. The molecule has 17 heavy (non-hydrogen) atoms. The Bertz CT molecular complexity index is 323. The van der Waals surface area contributed by atoms with E-state index in [0.717, 1.165) is 0 Å². The predicted molar refractivity (Wildman–Crippen MR) is 48.4 cm³/mol. The molecule has 0 aliphatic carbocycles. The zero-order chi connectivity index (χ0) is 13.7. The third-order valence-corrected chi connectivity index (χ3v) is 2.98. The predicted octanol–water partition coefficient (Wildman–Crippen LogP) is 3.03. The number of rotatable bonds is 7. The van der Waals surface area contributed by atoms with Crippen LogP contribution in [0, 0.1) is 0 Å². The molecule has 0 saturated heterocycles. The molecule has 0 saturated carbocycles. The molecule has 0 amide bonds. The normalized spacial score (nSPS) is 14.0. The van der Waals surface area contributed by atoms with Gasteiger partial charge in [0.1, 0.15) is 0 Å². The van der Waals surface area contributed by atoms with Crippen LogP contribution in [0.25, 0.3) is 0 Å². The van der Waals surface area contributed by atoms with Crippen LogP contribution in [0.4, 0.5) is 22.0 Å². The van der Waals surface area contributed by atoms with E-state index in [-0.39, 0.29) is 25.7 Å². The third kappa shape index (κ3) is 7.48. The minimum absolute atomic E-state index is 0.0290. The first kappa shape index (κ1) is 16.6. The Labute approximate surface area is 95.8 Å². The Balaban J connectivity index is 3.73. The van der Waals surface area contributed by atoms with E-state index in [1.54, 1.807) is 0 Å². The maximum Gasteiger partial charge on any atom is 0.389 e. The highest BCUT2D eigenvalue weighted by molar-refractivity contribution is 7.86. The van der Waals surface area contributed by atoms with Gasteiger partial charge in [-0.3, -0.25) is 0 Å². The molecule has 0 aromatic carbocycles. The van der Waals surface area contributed by atoms with Gasteiger partial charge in [-0.05, 0) is 12.8 Å². The van der Waals surface area contributed by atoms with Gasteiger partial charge in [-0.25, -0.2) is 8.42 Å². The lowest BCUT2D eigenvalue weighted by Gasteiger charge is -2.19. The zero-order valence-corrected chi connectivity index (χ0v) is 9.58. The van der Waals surface area contributed by atoms with E-state index in [4.69, 9.17) is 0 Å². The summed E-state index contributed by atoms with van der Waals surface area (Å²) in [4.78, 5) is 0. The standard InChI is InChI=1S/C8H13F5O3S/c9-7(10,11)5-3-1-2-4-6-8(12,13)17(14,15)16/h1-6H2,(H,14,15,16)/p-1. The van der Waals surface area contributed by atoms with Crippen LogP contribution >= 0.6 is 0 Å². The second kappa shape index (κ2) is 5.94. The molecule has 104 valence electrons. The van der Waals surface area contributed by atoms with E-state index in [2.05, 4.69) is 0 Å². The summed E-state index contributed by atoms with van der Waals surface area (Å²) in [5.74, 6) is 0. The van der Waals surface area contributed by atoms with E-state index in [0.29, 0.717) is 0 Å². The van der Waals surface area contributed by atoms with Crippen molar-refractivity contribution in [3.63, 3.8) is 0 Å². The van der Waals surface area contributed by atoms with Crippen molar-refractivity contribution in [2.75, 3.05) is 0 Å². The van der Waals surface area contributed by atoms with E-state index in [9.17, 15) is 34.9 Å². The molecule has 0 aliphatic rings. The van der Waals surface area contributed by atoms with Crippen LogP contribution in [0.3, 0.4) is 0 Å². The Morgan fingerprint density at radius 2 is 1.24 bits per heavy atom. The van der Waals surface area contributed by atoms with Crippen LogP contribution in [0.5, 0.6) is 0 Å². The van der Waals surface area contributed by atoms with Gasteiger partial charge in [0.2, 0.25) is 0 Å². The Hall–Kier alpha value is -0.440. The highest BCUT2D eigenvalue weighted by atomic mass is 32.2. The van der Waals surface area contributed by atoms with Gasteiger partial charge in [0.15, 0.2) is 10.1 Å². The van der Waals surface area contributed by atoms with Gasteiger partial charge < -0.3 is 4.55 Å². The lowest BCUT2D eigenvalue weighted by molar-refractivity contribution is -0.135. The second-order valence-electron chi connectivity index (χ2n) is 3.62. The number of hydrogen-bond donors (Lipinski definition) is 0. The highest BCUT2D eigenvalue weighted by Crippen LogP contribution is 2.28. The summed E-state index contributed by atoms with van der Waals surface area (Å²) in [6.07, 6.45) is -6.82. The molecule has 3 nitrogen and oxygen atoms in total. The van der Waals surface area contributed by atoms with Crippen molar-refractivity contribution in [2.24, 2.45) is 0 Å². The molecule has 0 aromatic heterocycles. The number of halogens is 5. The first-order valence-corrected chi connectivity index (χ1v) is 6.26. The monoisotopic (exact) mass is 283 g/mol. The Morgan fingerprint density at radius 3 is 1.59 bits per heavy atom. The van der Waals surface area contributed by atoms with Gasteiger partial charge in [-0.1, -0.05) is 12.8 Å². The molecular weight excluding hydrogens is 271 g/mol. The molecule has 0 aromatic rings. The van der Waals surface area contributed by atoms with E-state index < -0.39 is 34.4 Å². The fourth-order valence-electron chi connectivity index (χ4n) is 1.13. The van der Waals surface area contributed by atoms with Crippen molar-refractivity contribution in [1.29, 1.82) is 0 Å². The van der Waals surface area contributed by atoms with Gasteiger partial charge in [0.05, 0.1) is 0 Å². The summed E-state index contributed by atoms with van der Waals surface area (Å²) in [7, 11) is -5.68. The molecule has 0 radical (unpaired) electrons. The third-order valence-electron chi connectivity index (χ3n) is 2.04. The minimum Gasteiger partial charge on any atom is -0.743 e. The van der Waals surface area contributed by atoms with Crippen molar-refractivity contribution in [2.45, 2.75) is 50.0 Å². The van der Waals surface area contributed by atoms with Crippen LogP contribution in [0.15, 0.2) is 0 Å². The SMILES string of the molecule is O=S(=O)([O-])C(F)(F)CCCCCCC(F)(F)F. The molecule has 9 heteroatoms. The summed E-state index contributed by atoms with van der Waals surface area (Å²) in [5, 5.41) is -4.34. The number of alkyl halides is 5. The van der Waals surface area contributed by atoms with Crippen molar-refractivity contribution in [3.8, 4) is 0 Å². The fourth-order valence-corrected chi connectivity index (χ4v) is 1.53. The maximum atomic E-state index is 12.5. The molecule has 0 spiro atoms. The van der Waals surface area contributed by atoms with Gasteiger partial charge >= 0.3 is 11.4 Å². The van der Waals surface area contributed by atoms with Crippen molar-refractivity contribution < 1.29 is 34.9 Å². The first-order chi connectivity index (χ1) is 7.46. The average molecular weight is 283 g/mol. The zero-order valence-electron chi connectivity index (χ0n) is 8.77. The van der Waals surface area contributed by atoms with Crippen LogP contribution in [0.1, 0.15) is 38.5 Å². The highest BCUT2D eigenvalue weighted by Gasteiger charge is 2.36. The fraction of sp³-hybridized carbons (Fsp3) is 1.00. The van der Waals surface area contributed by atoms with Gasteiger partial charge in [0.25, 0.3) is 0 Å². The quantitative estimate of drug-likeness (QED) is 0.410. The first-order valence-electron chi connectivity index (χ1n) is 4.86. The molecule has 0 N–H and O–H groups in total. The van der Waals surface area contributed by atoms with E-state index in [1.165, 1.54) is 0 Å². The van der Waals surface area contributed by atoms with Crippen LogP contribution in [0.2, 0.25) is 0 Å². The molecule has 0 fully saturated rings. The summed E-state index contributed by atoms with van der Waals surface area (Å²) < 4.78 is 90.3. The Morgan fingerprint density at radius 1 is 0.824 bits per heavy atom. The Kier molecular flexibility index (Phi) is 5.79. The topological polar surface area (TPSA) is 57.2 Å². The van der Waals surface area contributed by atoms with Gasteiger partial charge in [0, 0.05) is 12.8 Å². The van der Waals surface area contributed by atoms with Crippen LogP contribution < -0.4 is 0 Å². The van der Waals surface area contributed by atoms with E-state index in [1.807, 2.05) is 0 Å². The van der Waals surface area contributed by atoms with Crippen LogP contribution in [-0.2, 0) is 10.1 Å². The lowest BCUT2D eigenvalue weighted by atomic mass is 10.1. The molecule has 0 bridgehead atoms. The molecule has 0 rings (SSSR count). The molecule has 0 aliphatic heterocycles. The lowest BCUT2D eigenvalue weighted by Crippen LogP contribution is -2.28. The number of unbranched alkanes of at least 4 members (excludes halogenated alkanes) is 3. The van der Waals surface area contributed by atoms with Crippen molar-refractivity contribution in [3.05, 3.63) is 0 Å². The van der Waals surface area contributed by atoms with Gasteiger partial charge in [-0.15, -0.1) is 0 Å². The molecular formula is C8H12F5O3S-. The molecule has 0 unspecified atom stereocenters. The van der Waals surface area contributed by atoms with Crippen LogP contribution in [-0.4, -0.2) is 24.4 Å². The van der Waals surface area contributed by atoms with Gasteiger partial charge in [-0.2, -0.15) is 22.0 Å². The minimum atomic E-state index is -5.68. The summed E-state index contributed by atoms with van der Waals surface area (Å²) >= 11 is 0. The molecule has 0 heterocycles.